The molecule has 0 radical (unpaired) electrons. The second-order valence-electron chi connectivity index (χ2n) is 8.02. The van der Waals surface area contributed by atoms with Crippen molar-refractivity contribution in [2.45, 2.75) is 18.9 Å². The first kappa shape index (κ1) is 25.9. The molecule has 0 aromatic heterocycles. The van der Waals surface area contributed by atoms with E-state index < -0.39 is 0 Å². The van der Waals surface area contributed by atoms with Crippen LogP contribution in [0.15, 0.2) is 24.3 Å². The molecule has 2 aromatic carbocycles. The molecular formula is C24H34ClNO6. The van der Waals surface area contributed by atoms with Gasteiger partial charge in [0.25, 0.3) is 0 Å². The lowest BCUT2D eigenvalue weighted by molar-refractivity contribution is -0.935. The van der Waals surface area contributed by atoms with Crippen LogP contribution in [0.4, 0.5) is 0 Å². The van der Waals surface area contributed by atoms with E-state index in [4.69, 9.17) is 23.7 Å². The second kappa shape index (κ2) is 11.0. The summed E-state index contributed by atoms with van der Waals surface area (Å²) < 4.78 is 28.7. The second-order valence-corrected chi connectivity index (χ2v) is 8.02. The standard InChI is InChI=1S/C24H34NO6.ClH/c1-25(9-7-11-26)10-8-16-12-19(27-2)20(28-3)15-18(16)23(25)17-13-21(29-4)24(31-6)22(14-17)30-5;/h12-15,23,26H,7-11H2,1-6H3;1H/q+1;/p-1. The van der Waals surface area contributed by atoms with Crippen molar-refractivity contribution in [3.05, 3.63) is 41.0 Å². The summed E-state index contributed by atoms with van der Waals surface area (Å²) in [4.78, 5) is 0. The predicted octanol–water partition coefficient (Wildman–Crippen LogP) is 0.208. The summed E-state index contributed by atoms with van der Waals surface area (Å²) in [6.45, 7) is 1.93. The average Bonchev–Trinajstić information content (AvgIpc) is 2.80. The topological polar surface area (TPSA) is 66.4 Å². The molecule has 8 heteroatoms. The fourth-order valence-electron chi connectivity index (χ4n) is 4.72. The summed E-state index contributed by atoms with van der Waals surface area (Å²) in [6.07, 6.45) is 1.64. The number of halogens is 1. The molecular weight excluding hydrogens is 434 g/mol. The van der Waals surface area contributed by atoms with Crippen LogP contribution in [0.25, 0.3) is 0 Å². The molecule has 0 amide bonds. The highest BCUT2D eigenvalue weighted by molar-refractivity contribution is 5.57. The van der Waals surface area contributed by atoms with Crippen LogP contribution in [0.3, 0.4) is 0 Å². The van der Waals surface area contributed by atoms with Crippen molar-refractivity contribution in [1.29, 1.82) is 0 Å². The number of quaternary nitrogens is 1. The Morgan fingerprint density at radius 2 is 1.41 bits per heavy atom. The van der Waals surface area contributed by atoms with Crippen LogP contribution in [-0.2, 0) is 6.42 Å². The fraction of sp³-hybridized carbons (Fsp3) is 0.500. The van der Waals surface area contributed by atoms with Gasteiger partial charge in [0.1, 0.15) is 6.04 Å². The van der Waals surface area contributed by atoms with Gasteiger partial charge in [-0.3, -0.25) is 0 Å². The minimum absolute atomic E-state index is 0. The van der Waals surface area contributed by atoms with Gasteiger partial charge in [0.15, 0.2) is 23.0 Å². The van der Waals surface area contributed by atoms with Gasteiger partial charge in [-0.15, -0.1) is 0 Å². The zero-order chi connectivity index (χ0) is 22.6. The monoisotopic (exact) mass is 467 g/mol. The molecule has 2 atom stereocenters. The van der Waals surface area contributed by atoms with Gasteiger partial charge in [-0.25, -0.2) is 0 Å². The first-order chi connectivity index (χ1) is 15.0. The zero-order valence-corrected chi connectivity index (χ0v) is 20.5. The number of aliphatic hydroxyl groups is 1. The SMILES string of the molecule is COc1cc2c(cc1OC)C(c1cc(OC)c(OC)c(OC)c1)[N+](C)(CCCO)CC2.[Cl-]. The van der Waals surface area contributed by atoms with Gasteiger partial charge in [0, 0.05) is 30.6 Å². The number of fused-ring (bicyclic) bond motifs is 1. The Balaban J connectivity index is 0.00000363. The molecule has 2 aromatic rings. The summed E-state index contributed by atoms with van der Waals surface area (Å²) >= 11 is 0. The van der Waals surface area contributed by atoms with Crippen molar-refractivity contribution in [3.63, 3.8) is 0 Å². The van der Waals surface area contributed by atoms with Crippen LogP contribution in [-0.4, -0.2) is 71.9 Å². The first-order valence-electron chi connectivity index (χ1n) is 10.5. The number of benzene rings is 2. The first-order valence-corrected chi connectivity index (χ1v) is 10.5. The van der Waals surface area contributed by atoms with Crippen LogP contribution >= 0.6 is 0 Å². The smallest absolute Gasteiger partial charge is 0.203 e. The number of nitrogens with zero attached hydrogens (tertiary/aromatic N) is 1. The van der Waals surface area contributed by atoms with Gasteiger partial charge < -0.3 is 45.7 Å². The lowest BCUT2D eigenvalue weighted by Gasteiger charge is -2.46. The molecule has 0 aliphatic carbocycles. The molecule has 1 aliphatic rings. The third-order valence-corrected chi connectivity index (χ3v) is 6.29. The molecule has 1 N–H and O–H groups in total. The van der Waals surface area contributed by atoms with Crippen LogP contribution in [0.2, 0.25) is 0 Å². The van der Waals surface area contributed by atoms with E-state index in [9.17, 15) is 5.11 Å². The quantitative estimate of drug-likeness (QED) is 0.532. The van der Waals surface area contributed by atoms with Crippen molar-refractivity contribution in [2.24, 2.45) is 0 Å². The summed E-state index contributed by atoms with van der Waals surface area (Å²) in [5.74, 6) is 3.25. The van der Waals surface area contributed by atoms with Crippen LogP contribution in [0, 0.1) is 0 Å². The summed E-state index contributed by atoms with van der Waals surface area (Å²) in [5.41, 5.74) is 3.47. The molecule has 2 unspecified atom stereocenters. The maximum absolute atomic E-state index is 9.54. The maximum atomic E-state index is 9.54. The Bertz CT molecular complexity index is 897. The number of likely N-dealkylation sites (N-methyl/N-ethyl adjacent to an activating group) is 1. The van der Waals surface area contributed by atoms with E-state index in [2.05, 4.69) is 19.2 Å². The Hall–Kier alpha value is -2.35. The Morgan fingerprint density at radius 3 is 1.91 bits per heavy atom. The highest BCUT2D eigenvalue weighted by atomic mass is 35.5. The number of aliphatic hydroxyl groups excluding tert-OH is 1. The maximum Gasteiger partial charge on any atom is 0.203 e. The predicted molar refractivity (Wildman–Crippen MR) is 119 cm³/mol. The molecule has 0 spiro atoms. The van der Waals surface area contributed by atoms with Crippen molar-refractivity contribution in [1.82, 2.24) is 0 Å². The lowest BCUT2D eigenvalue weighted by atomic mass is 9.85. The number of hydrogen-bond acceptors (Lipinski definition) is 6. The van der Waals surface area contributed by atoms with Gasteiger partial charge in [0.2, 0.25) is 5.75 Å². The van der Waals surface area contributed by atoms with Crippen LogP contribution in [0.5, 0.6) is 28.7 Å². The normalized spacial score (nSPS) is 19.4. The van der Waals surface area contributed by atoms with E-state index in [0.717, 1.165) is 41.7 Å². The molecule has 0 saturated carbocycles. The summed E-state index contributed by atoms with van der Waals surface area (Å²) in [7, 11) is 10.4. The van der Waals surface area contributed by atoms with Crippen molar-refractivity contribution >= 4 is 0 Å². The third kappa shape index (κ3) is 4.70. The lowest BCUT2D eigenvalue weighted by Crippen LogP contribution is -3.00. The van der Waals surface area contributed by atoms with E-state index in [0.29, 0.717) is 23.0 Å². The van der Waals surface area contributed by atoms with Crippen molar-refractivity contribution < 1.29 is 45.7 Å². The third-order valence-electron chi connectivity index (χ3n) is 6.29. The molecule has 1 heterocycles. The van der Waals surface area contributed by atoms with Gasteiger partial charge >= 0.3 is 0 Å². The average molecular weight is 468 g/mol. The molecule has 32 heavy (non-hydrogen) atoms. The van der Waals surface area contributed by atoms with E-state index in [1.807, 2.05) is 12.1 Å². The number of rotatable bonds is 9. The van der Waals surface area contributed by atoms with Gasteiger partial charge in [-0.05, 0) is 29.8 Å². The number of ether oxygens (including phenoxy) is 5. The highest BCUT2D eigenvalue weighted by Gasteiger charge is 2.41. The molecule has 3 rings (SSSR count). The van der Waals surface area contributed by atoms with E-state index in [1.165, 1.54) is 11.1 Å². The van der Waals surface area contributed by atoms with E-state index >= 15 is 0 Å². The molecule has 0 fully saturated rings. The summed E-state index contributed by atoms with van der Waals surface area (Å²) in [6, 6.07) is 8.20. The van der Waals surface area contributed by atoms with Crippen molar-refractivity contribution in [3.8, 4) is 28.7 Å². The van der Waals surface area contributed by atoms with Gasteiger partial charge in [-0.2, -0.15) is 0 Å². The minimum Gasteiger partial charge on any atom is -1.00 e. The highest BCUT2D eigenvalue weighted by Crippen LogP contribution is 2.48. The molecule has 178 valence electrons. The van der Waals surface area contributed by atoms with Crippen LogP contribution < -0.4 is 36.1 Å². The molecule has 0 bridgehead atoms. The molecule has 7 nitrogen and oxygen atoms in total. The largest absolute Gasteiger partial charge is 1.00 e. The van der Waals surface area contributed by atoms with Gasteiger partial charge in [-0.1, -0.05) is 0 Å². The number of hydrogen-bond donors (Lipinski definition) is 1. The Labute approximate surface area is 196 Å². The number of methoxy groups -OCH3 is 5. The molecule has 1 aliphatic heterocycles. The van der Waals surface area contributed by atoms with E-state index in [-0.39, 0.29) is 25.1 Å². The van der Waals surface area contributed by atoms with Crippen molar-refractivity contribution in [2.75, 3.05) is 62.3 Å². The zero-order valence-electron chi connectivity index (χ0n) is 19.7. The summed E-state index contributed by atoms with van der Waals surface area (Å²) in [5, 5.41) is 9.54. The Kier molecular flexibility index (Phi) is 8.89. The Morgan fingerprint density at radius 1 is 0.844 bits per heavy atom. The van der Waals surface area contributed by atoms with Gasteiger partial charge in [0.05, 0.1) is 55.7 Å². The van der Waals surface area contributed by atoms with E-state index in [1.54, 1.807) is 35.5 Å². The minimum atomic E-state index is 0. The molecule has 0 saturated heterocycles. The fourth-order valence-corrected chi connectivity index (χ4v) is 4.72. The van der Waals surface area contributed by atoms with Crippen LogP contribution in [0.1, 0.15) is 29.2 Å².